The Balaban J connectivity index is 3.03. The van der Waals surface area contributed by atoms with Gasteiger partial charge >= 0.3 is 0 Å². The van der Waals surface area contributed by atoms with Gasteiger partial charge in [0, 0.05) is 0 Å². The molecule has 0 aliphatic carbocycles. The number of aromatic hydroxyl groups is 1. The monoisotopic (exact) mass is 167 g/mol. The first kappa shape index (κ1) is 9.03. The van der Waals surface area contributed by atoms with Crippen LogP contribution in [0.25, 0.3) is 0 Å². The van der Waals surface area contributed by atoms with Crippen molar-refractivity contribution in [1.29, 1.82) is 0 Å². The lowest BCUT2D eigenvalue weighted by molar-refractivity contribution is 0.210. The SMILES string of the molecule is C[C@](N)(CO)c1cccc(O)c1. The van der Waals surface area contributed by atoms with Crippen LogP contribution in [0.1, 0.15) is 12.5 Å². The minimum Gasteiger partial charge on any atom is -0.508 e. The van der Waals surface area contributed by atoms with Crippen LogP contribution in [0.4, 0.5) is 0 Å². The van der Waals surface area contributed by atoms with Gasteiger partial charge < -0.3 is 15.9 Å². The smallest absolute Gasteiger partial charge is 0.115 e. The zero-order valence-electron chi connectivity index (χ0n) is 6.99. The maximum absolute atomic E-state index is 9.13. The lowest BCUT2D eigenvalue weighted by atomic mass is 9.94. The quantitative estimate of drug-likeness (QED) is 0.603. The van der Waals surface area contributed by atoms with Crippen molar-refractivity contribution in [3.8, 4) is 5.75 Å². The molecule has 1 atom stereocenters. The molecule has 3 nitrogen and oxygen atoms in total. The van der Waals surface area contributed by atoms with Gasteiger partial charge in [-0.1, -0.05) is 12.1 Å². The minimum absolute atomic E-state index is 0.142. The molecule has 0 aliphatic rings. The van der Waals surface area contributed by atoms with Crippen molar-refractivity contribution in [3.63, 3.8) is 0 Å². The molecular weight excluding hydrogens is 154 g/mol. The molecule has 0 amide bonds. The van der Waals surface area contributed by atoms with Crippen molar-refractivity contribution in [2.45, 2.75) is 12.5 Å². The molecular formula is C9H13NO2. The second-order valence-corrected chi connectivity index (χ2v) is 3.13. The number of rotatable bonds is 2. The summed E-state index contributed by atoms with van der Waals surface area (Å²) in [7, 11) is 0. The lowest BCUT2D eigenvalue weighted by Crippen LogP contribution is -2.36. The fraction of sp³-hybridized carbons (Fsp3) is 0.333. The molecule has 1 rings (SSSR count). The molecule has 3 heteroatoms. The highest BCUT2D eigenvalue weighted by atomic mass is 16.3. The van der Waals surface area contributed by atoms with Gasteiger partial charge in [0.1, 0.15) is 5.75 Å². The molecule has 0 heterocycles. The summed E-state index contributed by atoms with van der Waals surface area (Å²) in [6.07, 6.45) is 0. The fourth-order valence-electron chi connectivity index (χ4n) is 0.952. The van der Waals surface area contributed by atoms with Gasteiger partial charge in [0.2, 0.25) is 0 Å². The van der Waals surface area contributed by atoms with Crippen molar-refractivity contribution in [3.05, 3.63) is 29.8 Å². The molecule has 0 radical (unpaired) electrons. The van der Waals surface area contributed by atoms with Gasteiger partial charge in [-0.3, -0.25) is 0 Å². The molecule has 0 saturated heterocycles. The number of hydrogen-bond donors (Lipinski definition) is 3. The van der Waals surface area contributed by atoms with Crippen molar-refractivity contribution in [2.75, 3.05) is 6.61 Å². The van der Waals surface area contributed by atoms with E-state index in [1.165, 1.54) is 0 Å². The fourth-order valence-corrected chi connectivity index (χ4v) is 0.952. The maximum Gasteiger partial charge on any atom is 0.115 e. The molecule has 0 aliphatic heterocycles. The first-order chi connectivity index (χ1) is 5.56. The van der Waals surface area contributed by atoms with E-state index in [9.17, 15) is 0 Å². The molecule has 0 fully saturated rings. The van der Waals surface area contributed by atoms with E-state index in [-0.39, 0.29) is 12.4 Å². The molecule has 1 aromatic rings. The highest BCUT2D eigenvalue weighted by Crippen LogP contribution is 2.20. The third-order valence-electron chi connectivity index (χ3n) is 1.83. The highest BCUT2D eigenvalue weighted by Gasteiger charge is 2.19. The molecule has 66 valence electrons. The highest BCUT2D eigenvalue weighted by molar-refractivity contribution is 5.31. The molecule has 4 N–H and O–H groups in total. The summed E-state index contributed by atoms with van der Waals surface area (Å²) < 4.78 is 0. The van der Waals surface area contributed by atoms with Crippen LogP contribution in [0.2, 0.25) is 0 Å². The van der Waals surface area contributed by atoms with Crippen molar-refractivity contribution in [2.24, 2.45) is 5.73 Å². The number of aliphatic hydroxyl groups excluding tert-OH is 1. The van der Waals surface area contributed by atoms with Crippen molar-refractivity contribution < 1.29 is 10.2 Å². The van der Waals surface area contributed by atoms with Crippen LogP contribution in [-0.2, 0) is 5.54 Å². The number of hydrogen-bond acceptors (Lipinski definition) is 3. The van der Waals surface area contributed by atoms with E-state index in [1.54, 1.807) is 31.2 Å². The predicted molar refractivity (Wildman–Crippen MR) is 46.7 cm³/mol. The average Bonchev–Trinajstić information content (AvgIpc) is 2.05. The Morgan fingerprint density at radius 1 is 1.50 bits per heavy atom. The van der Waals surface area contributed by atoms with E-state index in [0.717, 1.165) is 5.56 Å². The molecule has 0 saturated carbocycles. The third kappa shape index (κ3) is 1.75. The lowest BCUT2D eigenvalue weighted by Gasteiger charge is -2.22. The summed E-state index contributed by atoms with van der Waals surface area (Å²) in [6, 6.07) is 6.59. The van der Waals surface area contributed by atoms with Gasteiger partial charge in [-0.25, -0.2) is 0 Å². The van der Waals surface area contributed by atoms with Crippen LogP contribution in [0, 0.1) is 0 Å². The summed E-state index contributed by atoms with van der Waals surface area (Å²) in [5, 5.41) is 18.1. The summed E-state index contributed by atoms with van der Waals surface area (Å²) in [5.41, 5.74) is 5.69. The van der Waals surface area contributed by atoms with Crippen LogP contribution in [-0.4, -0.2) is 16.8 Å². The summed E-state index contributed by atoms with van der Waals surface area (Å²) in [4.78, 5) is 0. The van der Waals surface area contributed by atoms with Crippen LogP contribution in [0.5, 0.6) is 5.75 Å². The zero-order valence-corrected chi connectivity index (χ0v) is 6.99. The summed E-state index contributed by atoms with van der Waals surface area (Å²) in [6.45, 7) is 1.57. The van der Waals surface area contributed by atoms with E-state index in [0.29, 0.717) is 0 Å². The van der Waals surface area contributed by atoms with Crippen LogP contribution < -0.4 is 5.73 Å². The molecule has 0 bridgehead atoms. The van der Waals surface area contributed by atoms with Gasteiger partial charge in [-0.15, -0.1) is 0 Å². The Labute approximate surface area is 71.5 Å². The van der Waals surface area contributed by atoms with E-state index in [4.69, 9.17) is 15.9 Å². The van der Waals surface area contributed by atoms with Crippen LogP contribution >= 0.6 is 0 Å². The van der Waals surface area contributed by atoms with Crippen LogP contribution in [0.15, 0.2) is 24.3 Å². The second kappa shape index (κ2) is 3.13. The normalized spacial score (nSPS) is 15.6. The average molecular weight is 167 g/mol. The number of phenolic OH excluding ortho intramolecular Hbond substituents is 1. The van der Waals surface area contributed by atoms with E-state index >= 15 is 0 Å². The molecule has 0 aromatic heterocycles. The van der Waals surface area contributed by atoms with Crippen LogP contribution in [0.3, 0.4) is 0 Å². The number of benzene rings is 1. The summed E-state index contributed by atoms with van der Waals surface area (Å²) in [5.74, 6) is 0.164. The van der Waals surface area contributed by atoms with Crippen molar-refractivity contribution >= 4 is 0 Å². The van der Waals surface area contributed by atoms with E-state index < -0.39 is 5.54 Å². The number of nitrogens with two attached hydrogens (primary N) is 1. The van der Waals surface area contributed by atoms with E-state index in [2.05, 4.69) is 0 Å². The Morgan fingerprint density at radius 2 is 2.17 bits per heavy atom. The molecule has 0 spiro atoms. The van der Waals surface area contributed by atoms with Gasteiger partial charge in [-0.2, -0.15) is 0 Å². The predicted octanol–water partition coefficient (Wildman–Crippen LogP) is 0.558. The van der Waals surface area contributed by atoms with Gasteiger partial charge in [0.05, 0.1) is 12.1 Å². The van der Waals surface area contributed by atoms with Gasteiger partial charge in [-0.05, 0) is 24.6 Å². The molecule has 1 aromatic carbocycles. The van der Waals surface area contributed by atoms with Crippen molar-refractivity contribution in [1.82, 2.24) is 0 Å². The Kier molecular flexibility index (Phi) is 2.35. The van der Waals surface area contributed by atoms with E-state index in [1.807, 2.05) is 0 Å². The van der Waals surface area contributed by atoms with Gasteiger partial charge in [0.15, 0.2) is 0 Å². The molecule has 12 heavy (non-hydrogen) atoms. The Hall–Kier alpha value is -1.06. The minimum atomic E-state index is -0.779. The van der Waals surface area contributed by atoms with Gasteiger partial charge in [0.25, 0.3) is 0 Å². The largest absolute Gasteiger partial charge is 0.508 e. The summed E-state index contributed by atoms with van der Waals surface area (Å²) >= 11 is 0. The molecule has 0 unspecified atom stereocenters. The standard InChI is InChI=1S/C9H13NO2/c1-9(10,6-11)7-3-2-4-8(12)5-7/h2-5,11-12H,6,10H2,1H3/t9-/m0/s1. The number of aliphatic hydroxyl groups is 1. The Bertz CT molecular complexity index is 271. The maximum atomic E-state index is 9.13. The number of phenols is 1. The third-order valence-corrected chi connectivity index (χ3v) is 1.83. The zero-order chi connectivity index (χ0) is 9.19. The first-order valence-corrected chi connectivity index (χ1v) is 3.75. The second-order valence-electron chi connectivity index (χ2n) is 3.13. The first-order valence-electron chi connectivity index (χ1n) is 3.75. The Morgan fingerprint density at radius 3 is 2.67 bits per heavy atom. The topological polar surface area (TPSA) is 66.5 Å².